The largest absolute Gasteiger partial charge is 0.489 e. The molecule has 5 heteroatoms. The van der Waals surface area contributed by atoms with E-state index in [1.165, 1.54) is 0 Å². The quantitative estimate of drug-likeness (QED) is 0.796. The molecule has 2 heterocycles. The van der Waals surface area contributed by atoms with Crippen LogP contribution in [0.2, 0.25) is 6.55 Å². The SMILES string of the molecule is Cc1cc(-c2cc([Si](C)=O)cc3c2OC(C)C3)cn(C)c1=O. The summed E-state index contributed by atoms with van der Waals surface area (Å²) in [4.78, 5) is 11.9. The van der Waals surface area contributed by atoms with Crippen LogP contribution in [0.1, 0.15) is 18.1 Å². The molecule has 1 aliphatic rings. The van der Waals surface area contributed by atoms with E-state index >= 15 is 0 Å². The monoisotopic (exact) mass is 313 g/mol. The number of ether oxygens (including phenoxy) is 1. The van der Waals surface area contributed by atoms with Crippen LogP contribution < -0.4 is 15.5 Å². The average Bonchev–Trinajstić information content (AvgIpc) is 2.83. The summed E-state index contributed by atoms with van der Waals surface area (Å²) in [6.07, 6.45) is 2.76. The number of nitrogens with zero attached hydrogens (tertiary/aromatic N) is 1. The van der Waals surface area contributed by atoms with E-state index in [0.717, 1.165) is 34.0 Å². The maximum absolute atomic E-state index is 12.0. The summed E-state index contributed by atoms with van der Waals surface area (Å²) in [6, 6.07) is 5.82. The fourth-order valence-electron chi connectivity index (χ4n) is 2.97. The Labute approximate surface area is 131 Å². The van der Waals surface area contributed by atoms with Crippen LogP contribution in [0, 0.1) is 6.92 Å². The molecule has 22 heavy (non-hydrogen) atoms. The Balaban J connectivity index is 2.27. The summed E-state index contributed by atoms with van der Waals surface area (Å²) in [7, 11) is -0.0363. The highest BCUT2D eigenvalue weighted by molar-refractivity contribution is 6.58. The Morgan fingerprint density at radius 2 is 2.05 bits per heavy atom. The molecule has 0 amide bonds. The third-order valence-corrected chi connectivity index (χ3v) is 5.17. The van der Waals surface area contributed by atoms with Crippen molar-refractivity contribution in [1.29, 1.82) is 0 Å². The van der Waals surface area contributed by atoms with E-state index < -0.39 is 8.68 Å². The first-order valence-electron chi connectivity index (χ1n) is 7.39. The first kappa shape index (κ1) is 14.9. The second-order valence-electron chi connectivity index (χ2n) is 6.03. The van der Waals surface area contributed by atoms with Crippen LogP contribution in [-0.2, 0) is 17.9 Å². The molecule has 0 spiro atoms. The number of hydrogen-bond donors (Lipinski definition) is 0. The van der Waals surface area contributed by atoms with Gasteiger partial charge in [-0.2, -0.15) is 0 Å². The van der Waals surface area contributed by atoms with Crippen molar-refractivity contribution < 1.29 is 9.20 Å². The van der Waals surface area contributed by atoms with Crippen molar-refractivity contribution in [3.8, 4) is 16.9 Å². The standard InChI is InChI=1S/C17H19NO3Si/c1-10-5-13(9-18(3)17(10)19)15-8-14(22(4)20)7-12-6-11(2)21-16(12)15/h5,7-9,11H,6H2,1-4H3. The molecule has 1 atom stereocenters. The van der Waals surface area contributed by atoms with Crippen molar-refractivity contribution >= 4 is 13.9 Å². The normalized spacial score (nSPS) is 16.3. The lowest BCUT2D eigenvalue weighted by Gasteiger charge is -2.13. The van der Waals surface area contributed by atoms with Gasteiger partial charge in [-0.15, -0.1) is 0 Å². The van der Waals surface area contributed by atoms with Crippen molar-refractivity contribution in [2.75, 3.05) is 0 Å². The van der Waals surface area contributed by atoms with Crippen LogP contribution in [0.5, 0.6) is 5.75 Å². The number of aromatic nitrogens is 1. The van der Waals surface area contributed by atoms with E-state index in [2.05, 4.69) is 0 Å². The van der Waals surface area contributed by atoms with Crippen molar-refractivity contribution in [1.82, 2.24) is 4.57 Å². The fraction of sp³-hybridized carbons (Fsp3) is 0.353. The molecule has 2 aromatic rings. The van der Waals surface area contributed by atoms with Gasteiger partial charge < -0.3 is 13.8 Å². The molecule has 0 saturated heterocycles. The third kappa shape index (κ3) is 2.45. The van der Waals surface area contributed by atoms with Gasteiger partial charge in [-0.05, 0) is 49.3 Å². The fourth-order valence-corrected chi connectivity index (χ4v) is 3.70. The Kier molecular flexibility index (Phi) is 3.60. The lowest BCUT2D eigenvalue weighted by molar-refractivity contribution is 0.255. The van der Waals surface area contributed by atoms with Crippen LogP contribution in [0.4, 0.5) is 0 Å². The van der Waals surface area contributed by atoms with Gasteiger partial charge in [-0.25, -0.2) is 0 Å². The molecule has 0 fully saturated rings. The summed E-state index contributed by atoms with van der Waals surface area (Å²) in [5.41, 5.74) is 3.64. The average molecular weight is 313 g/mol. The maximum atomic E-state index is 12.0. The second kappa shape index (κ2) is 5.32. The van der Waals surface area contributed by atoms with E-state index in [1.54, 1.807) is 18.2 Å². The Morgan fingerprint density at radius 3 is 2.68 bits per heavy atom. The zero-order valence-corrected chi connectivity index (χ0v) is 14.3. The summed E-state index contributed by atoms with van der Waals surface area (Å²) in [5.74, 6) is 0.859. The minimum atomic E-state index is -1.78. The van der Waals surface area contributed by atoms with Gasteiger partial charge in [0.15, 0.2) is 0 Å². The van der Waals surface area contributed by atoms with Crippen LogP contribution >= 0.6 is 0 Å². The zero-order chi connectivity index (χ0) is 16.0. The Morgan fingerprint density at radius 1 is 1.32 bits per heavy atom. The molecule has 4 nitrogen and oxygen atoms in total. The number of hydrogen-bond acceptors (Lipinski definition) is 3. The van der Waals surface area contributed by atoms with Crippen molar-refractivity contribution in [3.05, 3.63) is 45.9 Å². The molecule has 0 saturated carbocycles. The number of aryl methyl sites for hydroxylation is 2. The molecule has 1 aliphatic heterocycles. The molecule has 0 radical (unpaired) electrons. The number of fused-ring (bicyclic) bond motifs is 1. The number of rotatable bonds is 2. The highest BCUT2D eigenvalue weighted by Gasteiger charge is 2.25. The van der Waals surface area contributed by atoms with E-state index in [-0.39, 0.29) is 11.7 Å². The van der Waals surface area contributed by atoms with Crippen molar-refractivity contribution in [3.63, 3.8) is 0 Å². The van der Waals surface area contributed by atoms with Gasteiger partial charge in [0, 0.05) is 36.4 Å². The van der Waals surface area contributed by atoms with E-state index in [1.807, 2.05) is 38.2 Å². The van der Waals surface area contributed by atoms with Gasteiger partial charge in [0.05, 0.1) is 0 Å². The number of benzene rings is 1. The maximum Gasteiger partial charge on any atom is 0.308 e. The summed E-state index contributed by atoms with van der Waals surface area (Å²) >= 11 is 0. The molecule has 1 aromatic carbocycles. The van der Waals surface area contributed by atoms with Crippen LogP contribution in [0.25, 0.3) is 11.1 Å². The Hall–Kier alpha value is -2.01. The van der Waals surface area contributed by atoms with E-state index in [9.17, 15) is 9.26 Å². The van der Waals surface area contributed by atoms with Gasteiger partial charge in [0.2, 0.25) is 0 Å². The third-order valence-electron chi connectivity index (χ3n) is 4.07. The predicted octanol–water partition coefficient (Wildman–Crippen LogP) is 1.94. The molecule has 1 unspecified atom stereocenters. The lowest BCUT2D eigenvalue weighted by Crippen LogP contribution is -2.20. The molecular weight excluding hydrogens is 294 g/mol. The zero-order valence-electron chi connectivity index (χ0n) is 13.3. The Bertz CT molecular complexity index is 812. The minimum absolute atomic E-state index is 0.00472. The van der Waals surface area contributed by atoms with Crippen LogP contribution in [0.3, 0.4) is 0 Å². The van der Waals surface area contributed by atoms with Gasteiger partial charge in [-0.3, -0.25) is 4.79 Å². The van der Waals surface area contributed by atoms with Gasteiger partial charge in [-0.1, -0.05) is 0 Å². The summed E-state index contributed by atoms with van der Waals surface area (Å²) in [5, 5.41) is 0.864. The van der Waals surface area contributed by atoms with Crippen LogP contribution in [0.15, 0.2) is 29.2 Å². The highest BCUT2D eigenvalue weighted by atomic mass is 28.3. The number of pyridine rings is 1. The van der Waals surface area contributed by atoms with Gasteiger partial charge in [0.25, 0.3) is 5.56 Å². The highest BCUT2D eigenvalue weighted by Crippen LogP contribution is 2.38. The van der Waals surface area contributed by atoms with Gasteiger partial charge in [0.1, 0.15) is 11.9 Å². The molecule has 3 rings (SSSR count). The summed E-state index contributed by atoms with van der Waals surface area (Å²) < 4.78 is 19.5. The molecular formula is C17H19NO3Si. The molecule has 1 aromatic heterocycles. The predicted molar refractivity (Wildman–Crippen MR) is 87.6 cm³/mol. The van der Waals surface area contributed by atoms with Crippen molar-refractivity contribution in [2.45, 2.75) is 32.9 Å². The lowest BCUT2D eigenvalue weighted by atomic mass is 10.0. The van der Waals surface area contributed by atoms with Crippen molar-refractivity contribution in [2.24, 2.45) is 7.05 Å². The topological polar surface area (TPSA) is 48.3 Å². The first-order valence-corrected chi connectivity index (χ1v) is 9.30. The molecule has 0 bridgehead atoms. The van der Waals surface area contributed by atoms with Crippen LogP contribution in [-0.4, -0.2) is 19.4 Å². The van der Waals surface area contributed by atoms with E-state index in [4.69, 9.17) is 4.74 Å². The molecule has 114 valence electrons. The summed E-state index contributed by atoms with van der Waals surface area (Å²) in [6.45, 7) is 5.59. The minimum Gasteiger partial charge on any atom is -0.489 e. The smallest absolute Gasteiger partial charge is 0.308 e. The molecule has 0 N–H and O–H groups in total. The van der Waals surface area contributed by atoms with Gasteiger partial charge >= 0.3 is 8.68 Å². The first-order chi connectivity index (χ1) is 10.4. The second-order valence-corrected chi connectivity index (χ2v) is 7.72. The van der Waals surface area contributed by atoms with E-state index in [0.29, 0.717) is 5.56 Å². The molecule has 0 aliphatic carbocycles.